The van der Waals surface area contributed by atoms with E-state index < -0.39 is 10.0 Å². The van der Waals surface area contributed by atoms with Crippen LogP contribution in [0.3, 0.4) is 0 Å². The first-order valence-corrected chi connectivity index (χ1v) is 11.7. The molecule has 26 heavy (non-hydrogen) atoms. The summed E-state index contributed by atoms with van der Waals surface area (Å²) in [7, 11) is -3.22. The van der Waals surface area contributed by atoms with E-state index in [-0.39, 0.29) is 12.3 Å². The second-order valence-corrected chi connectivity index (χ2v) is 9.36. The van der Waals surface area contributed by atoms with Gasteiger partial charge in [-0.15, -0.1) is 0 Å². The van der Waals surface area contributed by atoms with Gasteiger partial charge in [0.15, 0.2) is 5.96 Å². The Morgan fingerprint density at radius 1 is 1.19 bits per heavy atom. The maximum absolute atomic E-state index is 12.3. The summed E-state index contributed by atoms with van der Waals surface area (Å²) in [4.78, 5) is 7.00. The van der Waals surface area contributed by atoms with Gasteiger partial charge in [-0.2, -0.15) is 0 Å². The molecule has 1 rings (SSSR count). The number of aliphatic imine (C=N–C) groups is 1. The van der Waals surface area contributed by atoms with Gasteiger partial charge in [0, 0.05) is 45.3 Å². The van der Waals surface area contributed by atoms with Crippen molar-refractivity contribution in [3.8, 4) is 0 Å². The molecule has 2 N–H and O–H groups in total. The zero-order valence-electron chi connectivity index (χ0n) is 17.3. The van der Waals surface area contributed by atoms with Crippen molar-refractivity contribution >= 4 is 16.0 Å². The van der Waals surface area contributed by atoms with Crippen molar-refractivity contribution in [2.45, 2.75) is 53.5 Å². The maximum atomic E-state index is 12.3. The van der Waals surface area contributed by atoms with Crippen molar-refractivity contribution in [3.63, 3.8) is 0 Å². The minimum absolute atomic E-state index is 0.0537. The lowest BCUT2D eigenvalue weighted by Crippen LogP contribution is -2.49. The molecule has 1 aliphatic heterocycles. The number of sulfonamides is 1. The number of hydrogen-bond donors (Lipinski definition) is 2. The smallest absolute Gasteiger partial charge is 0.215 e. The van der Waals surface area contributed by atoms with Crippen LogP contribution in [0.1, 0.15) is 47.5 Å². The van der Waals surface area contributed by atoms with Crippen LogP contribution in [-0.4, -0.2) is 81.2 Å². The fourth-order valence-electron chi connectivity index (χ4n) is 3.31. The molecule has 1 aliphatic rings. The summed E-state index contributed by atoms with van der Waals surface area (Å²) in [6, 6.07) is 0.399. The van der Waals surface area contributed by atoms with E-state index in [4.69, 9.17) is 0 Å². The molecule has 1 heterocycles. The second-order valence-electron chi connectivity index (χ2n) is 7.27. The summed E-state index contributed by atoms with van der Waals surface area (Å²) in [6.07, 6.45) is 2.18. The average molecular weight is 390 g/mol. The van der Waals surface area contributed by atoms with Gasteiger partial charge in [0.05, 0.1) is 12.3 Å². The zero-order valence-corrected chi connectivity index (χ0v) is 18.1. The van der Waals surface area contributed by atoms with Crippen LogP contribution < -0.4 is 10.6 Å². The van der Waals surface area contributed by atoms with Crippen LogP contribution in [-0.2, 0) is 10.0 Å². The number of piperidine rings is 1. The summed E-state index contributed by atoms with van der Waals surface area (Å²) < 4.78 is 26.0. The van der Waals surface area contributed by atoms with Crippen LogP contribution in [0.5, 0.6) is 0 Å². The third kappa shape index (κ3) is 8.22. The van der Waals surface area contributed by atoms with E-state index in [2.05, 4.69) is 34.4 Å². The third-order valence-corrected chi connectivity index (χ3v) is 6.62. The molecule has 0 aliphatic carbocycles. The van der Waals surface area contributed by atoms with Crippen LogP contribution in [0.25, 0.3) is 0 Å². The average Bonchev–Trinajstić information content (AvgIpc) is 2.57. The first-order valence-electron chi connectivity index (χ1n) is 10.1. The molecule has 0 bridgehead atoms. The van der Waals surface area contributed by atoms with Crippen LogP contribution in [0.15, 0.2) is 4.99 Å². The van der Waals surface area contributed by atoms with E-state index in [9.17, 15) is 8.42 Å². The minimum atomic E-state index is -3.22. The molecule has 0 amide bonds. The third-order valence-electron chi connectivity index (χ3n) is 4.61. The quantitative estimate of drug-likeness (QED) is 0.435. The van der Waals surface area contributed by atoms with Crippen molar-refractivity contribution in [3.05, 3.63) is 0 Å². The summed E-state index contributed by atoms with van der Waals surface area (Å²) in [5.74, 6) is 1.48. The standard InChI is InChI=1S/C18H39N5O2S/c1-6-19-18(20-11-14-26(24,25)23(7-2)8-3)21-17-9-12-22(13-10-17)15-16(4)5/h16-17H,6-15H2,1-5H3,(H2,19,20,21). The van der Waals surface area contributed by atoms with Gasteiger partial charge >= 0.3 is 0 Å². The molecule has 8 heteroatoms. The summed E-state index contributed by atoms with van der Waals surface area (Å²) in [6.45, 7) is 15.7. The summed E-state index contributed by atoms with van der Waals surface area (Å²) >= 11 is 0. The Balaban J connectivity index is 2.52. The molecule has 7 nitrogen and oxygen atoms in total. The lowest BCUT2D eigenvalue weighted by molar-refractivity contribution is 0.187. The van der Waals surface area contributed by atoms with Gasteiger partial charge in [0.25, 0.3) is 0 Å². The number of likely N-dealkylation sites (tertiary alicyclic amines) is 1. The van der Waals surface area contributed by atoms with Gasteiger partial charge in [0.1, 0.15) is 0 Å². The molecule has 0 aromatic carbocycles. The number of rotatable bonds is 10. The van der Waals surface area contributed by atoms with Crippen LogP contribution in [0.2, 0.25) is 0 Å². The van der Waals surface area contributed by atoms with Crippen LogP contribution in [0.4, 0.5) is 0 Å². The van der Waals surface area contributed by atoms with Gasteiger partial charge < -0.3 is 15.5 Å². The van der Waals surface area contributed by atoms with Crippen molar-refractivity contribution in [2.75, 3.05) is 51.6 Å². The van der Waals surface area contributed by atoms with E-state index in [1.165, 1.54) is 4.31 Å². The Morgan fingerprint density at radius 2 is 1.81 bits per heavy atom. The molecule has 0 aromatic rings. The number of nitrogens with one attached hydrogen (secondary N) is 2. The highest BCUT2D eigenvalue weighted by Gasteiger charge is 2.21. The van der Waals surface area contributed by atoms with Crippen LogP contribution >= 0.6 is 0 Å². The fourth-order valence-corrected chi connectivity index (χ4v) is 4.68. The number of guanidine groups is 1. The second kappa shape index (κ2) is 11.8. The van der Waals surface area contributed by atoms with Crippen molar-refractivity contribution in [2.24, 2.45) is 10.9 Å². The Morgan fingerprint density at radius 3 is 2.31 bits per heavy atom. The largest absolute Gasteiger partial charge is 0.357 e. The lowest BCUT2D eigenvalue weighted by atomic mass is 10.0. The van der Waals surface area contributed by atoms with Crippen molar-refractivity contribution in [1.82, 2.24) is 19.8 Å². The Labute approximate surface area is 160 Å². The van der Waals surface area contributed by atoms with Crippen molar-refractivity contribution in [1.29, 1.82) is 0 Å². The molecule has 0 atom stereocenters. The molecule has 0 radical (unpaired) electrons. The molecular weight excluding hydrogens is 350 g/mol. The van der Waals surface area contributed by atoms with Crippen molar-refractivity contribution < 1.29 is 8.42 Å². The molecule has 0 saturated carbocycles. The predicted molar refractivity (Wildman–Crippen MR) is 110 cm³/mol. The first-order chi connectivity index (χ1) is 12.3. The van der Waals surface area contributed by atoms with Gasteiger partial charge in [-0.25, -0.2) is 12.7 Å². The molecular formula is C18H39N5O2S. The molecule has 0 aromatic heterocycles. The Bertz CT molecular complexity index is 510. The van der Waals surface area contributed by atoms with Crippen LogP contribution in [0, 0.1) is 5.92 Å². The topological polar surface area (TPSA) is 77.0 Å². The monoisotopic (exact) mass is 389 g/mol. The fraction of sp³-hybridized carbons (Fsp3) is 0.944. The van der Waals surface area contributed by atoms with E-state index in [0.29, 0.717) is 25.0 Å². The van der Waals surface area contributed by atoms with E-state index in [1.807, 2.05) is 20.8 Å². The molecule has 0 unspecified atom stereocenters. The minimum Gasteiger partial charge on any atom is -0.357 e. The number of nitrogens with zero attached hydrogens (tertiary/aromatic N) is 3. The molecule has 1 fully saturated rings. The highest BCUT2D eigenvalue weighted by molar-refractivity contribution is 7.89. The first kappa shape index (κ1) is 23.2. The van der Waals surface area contributed by atoms with E-state index >= 15 is 0 Å². The van der Waals surface area contributed by atoms with E-state index in [0.717, 1.165) is 45.0 Å². The molecule has 1 saturated heterocycles. The van der Waals surface area contributed by atoms with Gasteiger partial charge in [-0.3, -0.25) is 4.99 Å². The summed E-state index contributed by atoms with van der Waals surface area (Å²) in [5, 5.41) is 6.71. The zero-order chi connectivity index (χ0) is 19.6. The normalized spacial score (nSPS) is 17.9. The van der Waals surface area contributed by atoms with Gasteiger partial charge in [-0.1, -0.05) is 27.7 Å². The predicted octanol–water partition coefficient (Wildman–Crippen LogP) is 1.33. The van der Waals surface area contributed by atoms with Gasteiger partial charge in [0.2, 0.25) is 10.0 Å². The lowest BCUT2D eigenvalue weighted by Gasteiger charge is -2.34. The highest BCUT2D eigenvalue weighted by atomic mass is 32.2. The van der Waals surface area contributed by atoms with E-state index in [1.54, 1.807) is 0 Å². The Kier molecular flexibility index (Phi) is 10.5. The molecule has 0 spiro atoms. The molecule has 154 valence electrons. The maximum Gasteiger partial charge on any atom is 0.215 e. The highest BCUT2D eigenvalue weighted by Crippen LogP contribution is 2.12. The summed E-state index contributed by atoms with van der Waals surface area (Å²) in [5.41, 5.74) is 0. The number of hydrogen-bond acceptors (Lipinski definition) is 4. The Hall–Kier alpha value is -0.860. The SMILES string of the molecule is CCNC(=NCCS(=O)(=O)N(CC)CC)NC1CCN(CC(C)C)CC1. The van der Waals surface area contributed by atoms with Gasteiger partial charge in [-0.05, 0) is 25.7 Å².